The zero-order chi connectivity index (χ0) is 60.2. The van der Waals surface area contributed by atoms with Gasteiger partial charge in [0, 0.05) is 6.42 Å². The maximum absolute atomic E-state index is 13.3. The number of nitrogens with one attached hydrogen (secondary N) is 1. The molecule has 9 N–H and O–H groups in total. The largest absolute Gasteiger partial charge is 0.394 e. The number of carbonyl (C=O) groups is 1. The van der Waals surface area contributed by atoms with Gasteiger partial charge in [0.1, 0.15) is 48.8 Å². The Morgan fingerprint density at radius 2 is 0.843 bits per heavy atom. The molecule has 14 heteroatoms. The predicted octanol–water partition coefficient (Wildman–Crippen LogP) is 12.4. The number of carbonyl (C=O) groups excluding carboxylic acids is 1. The average Bonchev–Trinajstić information content (AvgIpc) is 3.64. The molecule has 476 valence electrons. The predicted molar refractivity (Wildman–Crippen MR) is 336 cm³/mol. The zero-order valence-corrected chi connectivity index (χ0v) is 51.4. The van der Waals surface area contributed by atoms with Crippen molar-refractivity contribution in [1.29, 1.82) is 0 Å². The minimum Gasteiger partial charge on any atom is -0.394 e. The Morgan fingerprint density at radius 1 is 0.446 bits per heavy atom. The molecule has 83 heavy (non-hydrogen) atoms. The summed E-state index contributed by atoms with van der Waals surface area (Å²) in [5, 5.41) is 87.2. The lowest BCUT2D eigenvalue weighted by Crippen LogP contribution is -2.65. The first kappa shape index (κ1) is 75.7. The molecule has 0 aromatic carbocycles. The highest BCUT2D eigenvalue weighted by Crippen LogP contribution is 2.30. The van der Waals surface area contributed by atoms with Crippen LogP contribution >= 0.6 is 0 Å². The van der Waals surface area contributed by atoms with Crippen LogP contribution in [0.2, 0.25) is 0 Å². The van der Waals surface area contributed by atoms with Crippen LogP contribution in [0.5, 0.6) is 0 Å². The summed E-state index contributed by atoms with van der Waals surface area (Å²) < 4.78 is 22.8. The zero-order valence-electron chi connectivity index (χ0n) is 51.4. The van der Waals surface area contributed by atoms with Gasteiger partial charge in [-0.25, -0.2) is 0 Å². The lowest BCUT2D eigenvalue weighted by atomic mass is 9.97. The van der Waals surface area contributed by atoms with Crippen molar-refractivity contribution in [1.82, 2.24) is 5.32 Å². The second kappa shape index (κ2) is 52.9. The summed E-state index contributed by atoms with van der Waals surface area (Å²) in [6, 6.07) is -0.961. The topological polar surface area (TPSA) is 228 Å². The molecule has 0 aromatic rings. The monoisotopic (exact) mass is 1170 g/mol. The molecular weight excluding hydrogens is 1050 g/mol. The summed E-state index contributed by atoms with van der Waals surface area (Å²) >= 11 is 0. The smallest absolute Gasteiger partial charge is 0.220 e. The summed E-state index contributed by atoms with van der Waals surface area (Å²) in [5.41, 5.74) is 0. The van der Waals surface area contributed by atoms with Crippen molar-refractivity contribution in [3.63, 3.8) is 0 Å². The van der Waals surface area contributed by atoms with Gasteiger partial charge in [-0.15, -0.1) is 0 Å². The van der Waals surface area contributed by atoms with Crippen LogP contribution in [0, 0.1) is 0 Å². The molecule has 0 aromatic heterocycles. The van der Waals surface area contributed by atoms with Crippen molar-refractivity contribution in [3.05, 3.63) is 109 Å². The molecule has 0 saturated carbocycles. The Hall–Kier alpha value is -3.35. The Morgan fingerprint density at radius 3 is 1.33 bits per heavy atom. The van der Waals surface area contributed by atoms with Crippen LogP contribution < -0.4 is 5.32 Å². The van der Waals surface area contributed by atoms with Gasteiger partial charge in [0.2, 0.25) is 5.91 Å². The quantitative estimate of drug-likeness (QED) is 0.0204. The van der Waals surface area contributed by atoms with Crippen molar-refractivity contribution in [3.8, 4) is 0 Å². The Labute approximate surface area is 502 Å². The average molecular weight is 1170 g/mol. The number of rotatable bonds is 51. The van der Waals surface area contributed by atoms with Gasteiger partial charge in [-0.3, -0.25) is 4.79 Å². The molecule has 12 atom stereocenters. The third kappa shape index (κ3) is 37.7. The van der Waals surface area contributed by atoms with Crippen LogP contribution in [-0.4, -0.2) is 140 Å². The number of aliphatic hydroxyl groups is 8. The van der Waals surface area contributed by atoms with Crippen molar-refractivity contribution < 1.29 is 64.6 Å². The standard InChI is InChI=1S/C69H117NO13/c1-3-5-7-9-11-13-15-17-19-21-23-25-27-28-29-31-32-34-36-38-40-42-44-46-48-50-52-58(73)57(56-80-68-66(79)64(77)67(60(55-72)82-68)83-69-65(78)63(76)62(75)59(54-71)81-69)70-61(74)53-51-49-47-45-43-41-39-37-35-33-30-26-24-22-20-18-16-14-12-10-8-6-4-2/h6,8,12,14,18,20,24,26,33-36,39,41-42,44,50,52,57-60,62-69,71-73,75-79H,3-5,7,9-11,13,15-17,19,21-23,25,27-32,37-38,40,43,45-49,51,53-56H2,1-2H3,(H,70,74)/b8-6-,14-12-,20-18-,26-24-,35-33-,36-34+,41-39-,44-42+,52-50+. The normalized spacial score (nSPS) is 24.6. The summed E-state index contributed by atoms with van der Waals surface area (Å²) in [6.07, 6.45) is 58.5. The first-order valence-corrected chi connectivity index (χ1v) is 32.6. The van der Waals surface area contributed by atoms with E-state index in [-0.39, 0.29) is 18.9 Å². The Bertz CT molecular complexity index is 1810. The second-order valence-electron chi connectivity index (χ2n) is 22.5. The van der Waals surface area contributed by atoms with Crippen LogP contribution in [0.15, 0.2) is 109 Å². The molecule has 0 bridgehead atoms. The third-order valence-corrected chi connectivity index (χ3v) is 15.2. The molecule has 2 saturated heterocycles. The summed E-state index contributed by atoms with van der Waals surface area (Å²) in [7, 11) is 0. The van der Waals surface area contributed by atoms with Gasteiger partial charge in [-0.2, -0.15) is 0 Å². The Kier molecular flexibility index (Phi) is 48.3. The molecule has 1 amide bonds. The van der Waals surface area contributed by atoms with Crippen molar-refractivity contribution >= 4 is 5.91 Å². The van der Waals surface area contributed by atoms with Crippen molar-refractivity contribution in [2.24, 2.45) is 0 Å². The third-order valence-electron chi connectivity index (χ3n) is 15.2. The van der Waals surface area contributed by atoms with E-state index < -0.39 is 86.8 Å². The first-order chi connectivity index (χ1) is 40.6. The van der Waals surface area contributed by atoms with Gasteiger partial charge >= 0.3 is 0 Å². The van der Waals surface area contributed by atoms with Crippen molar-refractivity contribution in [2.45, 2.75) is 299 Å². The summed E-state index contributed by atoms with van der Waals surface area (Å²) in [6.45, 7) is 2.64. The minimum absolute atomic E-state index is 0.233. The molecule has 2 aliphatic rings. The molecule has 12 unspecified atom stereocenters. The highest BCUT2D eigenvalue weighted by Gasteiger charge is 2.51. The van der Waals surface area contributed by atoms with Crippen LogP contribution in [0.4, 0.5) is 0 Å². The maximum atomic E-state index is 13.3. The van der Waals surface area contributed by atoms with Gasteiger partial charge in [0.15, 0.2) is 12.6 Å². The van der Waals surface area contributed by atoms with Crippen molar-refractivity contribution in [2.75, 3.05) is 19.8 Å². The van der Waals surface area contributed by atoms with E-state index in [2.05, 4.69) is 116 Å². The summed E-state index contributed by atoms with van der Waals surface area (Å²) in [4.78, 5) is 13.3. The van der Waals surface area contributed by atoms with E-state index in [1.54, 1.807) is 6.08 Å². The van der Waals surface area contributed by atoms with E-state index in [0.717, 1.165) is 89.9 Å². The van der Waals surface area contributed by atoms with Crippen LogP contribution in [0.1, 0.15) is 226 Å². The number of amides is 1. The molecular formula is C69H117NO13. The number of aliphatic hydroxyl groups excluding tert-OH is 8. The molecule has 2 rings (SSSR count). The fourth-order valence-corrected chi connectivity index (χ4v) is 9.97. The number of unbranched alkanes of at least 4 members (excludes halogenated alkanes) is 22. The van der Waals surface area contributed by atoms with Gasteiger partial charge in [-0.1, -0.05) is 232 Å². The lowest BCUT2D eigenvalue weighted by Gasteiger charge is -2.46. The van der Waals surface area contributed by atoms with Gasteiger partial charge < -0.3 is 65.1 Å². The van der Waals surface area contributed by atoms with Gasteiger partial charge in [0.25, 0.3) is 0 Å². The first-order valence-electron chi connectivity index (χ1n) is 32.6. The fourth-order valence-electron chi connectivity index (χ4n) is 9.97. The second-order valence-corrected chi connectivity index (χ2v) is 22.5. The van der Waals surface area contributed by atoms with E-state index in [1.165, 1.54) is 103 Å². The molecule has 2 heterocycles. The van der Waals surface area contributed by atoms with E-state index in [9.17, 15) is 45.6 Å². The molecule has 14 nitrogen and oxygen atoms in total. The van der Waals surface area contributed by atoms with Gasteiger partial charge in [-0.05, 0) is 96.3 Å². The van der Waals surface area contributed by atoms with E-state index in [4.69, 9.17) is 18.9 Å². The molecule has 2 fully saturated rings. The molecule has 0 spiro atoms. The van der Waals surface area contributed by atoms with E-state index in [1.807, 2.05) is 6.08 Å². The number of ether oxygens (including phenoxy) is 4. The van der Waals surface area contributed by atoms with Crippen LogP contribution in [0.3, 0.4) is 0 Å². The van der Waals surface area contributed by atoms with Gasteiger partial charge in [0.05, 0.1) is 32.0 Å². The molecule has 2 aliphatic heterocycles. The highest BCUT2D eigenvalue weighted by atomic mass is 16.7. The number of hydrogen-bond acceptors (Lipinski definition) is 13. The SMILES string of the molecule is CC/C=C\C/C=C\C/C=C\C/C=C\C/C=C\C/C=C\CCCCCCC(=O)NC(COC1OC(CO)C(OC2OC(CO)C(O)C(O)C2O)C(O)C1O)C(O)/C=C/CC/C=C/CC/C=C/CCCCCCCCCCCCCCCCCC. The lowest BCUT2D eigenvalue weighted by molar-refractivity contribution is -0.359. The molecule has 0 aliphatic carbocycles. The maximum Gasteiger partial charge on any atom is 0.220 e. The highest BCUT2D eigenvalue weighted by molar-refractivity contribution is 5.76. The van der Waals surface area contributed by atoms with Crippen LogP contribution in [0.25, 0.3) is 0 Å². The molecule has 0 radical (unpaired) electrons. The van der Waals surface area contributed by atoms with E-state index in [0.29, 0.717) is 12.8 Å². The number of allylic oxidation sites excluding steroid dienone is 17. The van der Waals surface area contributed by atoms with E-state index >= 15 is 0 Å². The minimum atomic E-state index is -1.80. The fraction of sp³-hybridized carbons (Fsp3) is 0.725. The Balaban J connectivity index is 1.77. The number of hydrogen-bond donors (Lipinski definition) is 9. The van der Waals surface area contributed by atoms with Crippen LogP contribution in [-0.2, 0) is 23.7 Å². The summed E-state index contributed by atoms with van der Waals surface area (Å²) in [5.74, 6) is -0.281.